The van der Waals surface area contributed by atoms with Crippen LogP contribution in [0.2, 0.25) is 0 Å². The van der Waals surface area contributed by atoms with E-state index in [0.29, 0.717) is 62.6 Å². The molecule has 0 saturated carbocycles. The number of hydrogen-bond acceptors (Lipinski definition) is 6. The molecule has 306 valence electrons. The SMILES string of the molecule is CCCCN(C(=O)c1cc(-c2cc3c(cc2C(=O)N2Cc4ccccc4C[C@H]2CN2CCOCC2)CN(C(=O)Nc2ccccc2)CC3)n(C)c1C)c1ccc(O)cc1. The average molecular weight is 795 g/mol. The number of amides is 4. The van der Waals surface area contributed by atoms with E-state index < -0.39 is 0 Å². The molecule has 1 fully saturated rings. The van der Waals surface area contributed by atoms with Gasteiger partial charge in [0, 0.05) is 92.8 Å². The summed E-state index contributed by atoms with van der Waals surface area (Å²) < 4.78 is 7.70. The molecule has 3 aliphatic rings. The summed E-state index contributed by atoms with van der Waals surface area (Å²) >= 11 is 0. The van der Waals surface area contributed by atoms with Gasteiger partial charge in [-0.1, -0.05) is 55.8 Å². The van der Waals surface area contributed by atoms with Crippen LogP contribution in [0.3, 0.4) is 0 Å². The molecule has 5 aromatic rings. The molecule has 8 rings (SSSR count). The third-order valence-electron chi connectivity index (χ3n) is 12.3. The quantitative estimate of drug-likeness (QED) is 0.151. The molecule has 4 aromatic carbocycles. The number of urea groups is 1. The van der Waals surface area contributed by atoms with Crippen LogP contribution in [-0.4, -0.2) is 94.2 Å². The number of benzene rings is 4. The second-order valence-electron chi connectivity index (χ2n) is 16.0. The van der Waals surface area contributed by atoms with Gasteiger partial charge in [0.05, 0.1) is 18.8 Å². The number of para-hydroxylation sites is 1. The average Bonchev–Trinajstić information content (AvgIpc) is 3.56. The molecule has 0 unspecified atom stereocenters. The number of phenols is 1. The number of morpholine rings is 1. The van der Waals surface area contributed by atoms with Crippen molar-refractivity contribution >= 4 is 29.2 Å². The Kier molecular flexibility index (Phi) is 11.8. The Labute approximate surface area is 346 Å². The van der Waals surface area contributed by atoms with Gasteiger partial charge in [0.15, 0.2) is 0 Å². The van der Waals surface area contributed by atoms with Crippen LogP contribution in [0.15, 0.2) is 97.1 Å². The predicted octanol–water partition coefficient (Wildman–Crippen LogP) is 7.64. The highest BCUT2D eigenvalue weighted by atomic mass is 16.5. The van der Waals surface area contributed by atoms with Crippen molar-refractivity contribution in [2.75, 3.05) is 56.2 Å². The number of anilines is 2. The van der Waals surface area contributed by atoms with Crippen molar-refractivity contribution < 1.29 is 24.2 Å². The van der Waals surface area contributed by atoms with Gasteiger partial charge < -0.3 is 34.4 Å². The topological polar surface area (TPSA) is 111 Å². The van der Waals surface area contributed by atoms with E-state index in [0.717, 1.165) is 78.2 Å². The summed E-state index contributed by atoms with van der Waals surface area (Å²) in [5, 5.41) is 13.0. The van der Waals surface area contributed by atoms with E-state index in [1.54, 1.807) is 34.1 Å². The molecule has 3 aliphatic heterocycles. The Bertz CT molecular complexity index is 2320. The monoisotopic (exact) mass is 794 g/mol. The highest BCUT2D eigenvalue weighted by molar-refractivity contribution is 6.08. The van der Waals surface area contributed by atoms with Crippen LogP contribution in [0.25, 0.3) is 11.3 Å². The van der Waals surface area contributed by atoms with Crippen LogP contribution in [0.1, 0.15) is 68.4 Å². The van der Waals surface area contributed by atoms with Crippen molar-refractivity contribution in [1.82, 2.24) is 19.3 Å². The number of nitrogens with zero attached hydrogens (tertiary/aromatic N) is 5. The van der Waals surface area contributed by atoms with Crippen LogP contribution in [0.4, 0.5) is 16.2 Å². The maximum Gasteiger partial charge on any atom is 0.322 e. The fraction of sp³-hybridized carbons (Fsp3) is 0.354. The lowest BCUT2D eigenvalue weighted by Crippen LogP contribution is -2.52. The maximum atomic E-state index is 15.5. The number of aromatic hydroxyl groups is 1. The number of nitrogens with one attached hydrogen (secondary N) is 1. The first-order valence-electron chi connectivity index (χ1n) is 20.9. The van der Waals surface area contributed by atoms with Gasteiger partial charge in [-0.3, -0.25) is 14.5 Å². The first-order chi connectivity index (χ1) is 28.7. The molecule has 0 bridgehead atoms. The molecule has 0 spiro atoms. The fourth-order valence-electron chi connectivity index (χ4n) is 8.74. The van der Waals surface area contributed by atoms with Crippen LogP contribution < -0.4 is 10.2 Å². The zero-order chi connectivity index (χ0) is 41.0. The molecule has 0 aliphatic carbocycles. The van der Waals surface area contributed by atoms with Gasteiger partial charge in [0.1, 0.15) is 5.75 Å². The summed E-state index contributed by atoms with van der Waals surface area (Å²) in [6.45, 7) is 9.70. The lowest BCUT2D eigenvalue weighted by molar-refractivity contribution is 0.0193. The number of hydrogen-bond donors (Lipinski definition) is 2. The van der Waals surface area contributed by atoms with E-state index in [2.05, 4.69) is 41.4 Å². The Morgan fingerprint density at radius 1 is 0.831 bits per heavy atom. The number of aromatic nitrogens is 1. The first-order valence-corrected chi connectivity index (χ1v) is 20.9. The number of phenolic OH excluding ortho intramolecular Hbond substituents is 1. The van der Waals surface area contributed by atoms with Gasteiger partial charge in [-0.15, -0.1) is 0 Å². The van der Waals surface area contributed by atoms with Gasteiger partial charge in [-0.05, 0) is 103 Å². The van der Waals surface area contributed by atoms with Gasteiger partial charge >= 0.3 is 6.03 Å². The first kappa shape index (κ1) is 39.9. The molecular formula is C48H54N6O5. The van der Waals surface area contributed by atoms with E-state index in [-0.39, 0.29) is 29.6 Å². The molecule has 11 heteroatoms. The van der Waals surface area contributed by atoms with Crippen LogP contribution in [0, 0.1) is 6.92 Å². The number of fused-ring (bicyclic) bond motifs is 2. The summed E-state index contributed by atoms with van der Waals surface area (Å²) in [6, 6.07) is 30.5. The van der Waals surface area contributed by atoms with Crippen molar-refractivity contribution in [2.24, 2.45) is 7.05 Å². The lowest BCUT2D eigenvalue weighted by atomic mass is 9.89. The fourth-order valence-corrected chi connectivity index (χ4v) is 8.74. The number of rotatable bonds is 10. The van der Waals surface area contributed by atoms with E-state index in [9.17, 15) is 14.7 Å². The summed E-state index contributed by atoms with van der Waals surface area (Å²) in [5.41, 5.74) is 9.34. The van der Waals surface area contributed by atoms with Crippen molar-refractivity contribution in [3.05, 3.63) is 136 Å². The molecule has 1 aromatic heterocycles. The summed E-state index contributed by atoms with van der Waals surface area (Å²) in [7, 11) is 1.96. The molecule has 4 heterocycles. The lowest BCUT2D eigenvalue weighted by Gasteiger charge is -2.41. The number of unbranched alkanes of at least 4 members (excludes halogenated alkanes) is 1. The van der Waals surface area contributed by atoms with Crippen LogP contribution in [0.5, 0.6) is 5.75 Å². The molecule has 2 N–H and O–H groups in total. The van der Waals surface area contributed by atoms with Crippen molar-refractivity contribution in [2.45, 2.75) is 58.7 Å². The summed E-state index contributed by atoms with van der Waals surface area (Å²) in [4.78, 5) is 51.6. The smallest absolute Gasteiger partial charge is 0.322 e. The largest absolute Gasteiger partial charge is 0.508 e. The summed E-state index contributed by atoms with van der Waals surface area (Å²) in [6.07, 6.45) is 3.11. The van der Waals surface area contributed by atoms with Crippen molar-refractivity contribution in [3.8, 4) is 17.0 Å². The van der Waals surface area contributed by atoms with Crippen LogP contribution >= 0.6 is 0 Å². The third-order valence-corrected chi connectivity index (χ3v) is 12.3. The molecular weight excluding hydrogens is 741 g/mol. The van der Waals surface area contributed by atoms with Crippen molar-refractivity contribution in [3.63, 3.8) is 0 Å². The Morgan fingerprint density at radius 3 is 2.31 bits per heavy atom. The van der Waals surface area contributed by atoms with Gasteiger partial charge in [-0.2, -0.15) is 0 Å². The van der Waals surface area contributed by atoms with Gasteiger partial charge in [0.25, 0.3) is 11.8 Å². The minimum absolute atomic E-state index is 0.0581. The van der Waals surface area contributed by atoms with Gasteiger partial charge in [0.2, 0.25) is 0 Å². The predicted molar refractivity (Wildman–Crippen MR) is 231 cm³/mol. The van der Waals surface area contributed by atoms with E-state index in [1.807, 2.05) is 72.0 Å². The Morgan fingerprint density at radius 2 is 1.56 bits per heavy atom. The van der Waals surface area contributed by atoms with E-state index >= 15 is 4.79 Å². The maximum absolute atomic E-state index is 15.5. The number of ether oxygens (including phenoxy) is 1. The molecule has 4 amide bonds. The Hall–Kier alpha value is -5.91. The van der Waals surface area contributed by atoms with Crippen molar-refractivity contribution in [1.29, 1.82) is 0 Å². The second kappa shape index (κ2) is 17.5. The van der Waals surface area contributed by atoms with E-state index in [1.165, 1.54) is 5.56 Å². The van der Waals surface area contributed by atoms with Crippen LogP contribution in [-0.2, 0) is 37.7 Å². The normalized spacial score (nSPS) is 16.6. The zero-order valence-electron chi connectivity index (χ0n) is 34.3. The molecule has 11 nitrogen and oxygen atoms in total. The standard InChI is InChI=1S/C48H54N6O5/c1-4-5-20-53(39-15-17-41(55)18-16-39)46(56)42-29-45(50(3)33(42)2)43-27-35-19-21-52(48(58)49-38-13-7-6-8-14-38)30-37(35)28-44(43)47(57)54-31-36-12-10-9-11-34(36)26-40(54)32-51-22-24-59-25-23-51/h6-18,27-29,40,55H,4-5,19-26,30-32H2,1-3H3,(H,49,58)/t40-/m0/s1. The zero-order valence-corrected chi connectivity index (χ0v) is 34.3. The minimum Gasteiger partial charge on any atom is -0.508 e. The third kappa shape index (κ3) is 8.49. The molecule has 1 saturated heterocycles. The number of carbonyl (C=O) groups excluding carboxylic acids is 3. The molecule has 0 radical (unpaired) electrons. The second-order valence-corrected chi connectivity index (χ2v) is 16.0. The summed E-state index contributed by atoms with van der Waals surface area (Å²) in [5.74, 6) is -0.0572. The number of carbonyl (C=O) groups is 3. The van der Waals surface area contributed by atoms with E-state index in [4.69, 9.17) is 4.74 Å². The highest BCUT2D eigenvalue weighted by Gasteiger charge is 2.35. The van der Waals surface area contributed by atoms with Gasteiger partial charge in [-0.25, -0.2) is 4.79 Å². The Balaban J connectivity index is 1.20. The minimum atomic E-state index is -0.181. The highest BCUT2D eigenvalue weighted by Crippen LogP contribution is 2.36. The molecule has 1 atom stereocenters. The molecule has 59 heavy (non-hydrogen) atoms.